The minimum Gasteiger partial charge on any atom is -0.358 e. The molecular weight excluding hydrogens is 410 g/mol. The molecule has 1 aliphatic carbocycles. The Kier molecular flexibility index (Phi) is 5.65. The van der Waals surface area contributed by atoms with Gasteiger partial charge in [-0.25, -0.2) is 8.78 Å². The number of hydrogen-bond donors (Lipinski definition) is 1. The van der Waals surface area contributed by atoms with Crippen molar-refractivity contribution in [2.24, 2.45) is 0 Å². The van der Waals surface area contributed by atoms with Gasteiger partial charge in [-0.05, 0) is 86.7 Å². The van der Waals surface area contributed by atoms with Gasteiger partial charge in [-0.2, -0.15) is 0 Å². The summed E-state index contributed by atoms with van der Waals surface area (Å²) in [5, 5.41) is 1.13. The van der Waals surface area contributed by atoms with Crippen LogP contribution in [0.15, 0.2) is 53.4 Å². The summed E-state index contributed by atoms with van der Waals surface area (Å²) < 4.78 is 27.2. The molecule has 0 amide bonds. The monoisotopic (exact) mass is 438 g/mol. The van der Waals surface area contributed by atoms with Gasteiger partial charge in [0.25, 0.3) is 0 Å². The number of nitrogens with zero attached hydrogens (tertiary/aromatic N) is 1. The van der Waals surface area contributed by atoms with Crippen LogP contribution in [0.3, 0.4) is 0 Å². The van der Waals surface area contributed by atoms with Crippen molar-refractivity contribution in [3.8, 4) is 0 Å². The second kappa shape index (κ2) is 8.44. The Bertz CT molecular complexity index is 1110. The van der Waals surface area contributed by atoms with E-state index in [1.807, 2.05) is 30.0 Å². The Morgan fingerprint density at radius 1 is 1.06 bits per heavy atom. The smallest absolute Gasteiger partial charge is 0.125 e. The van der Waals surface area contributed by atoms with Crippen LogP contribution < -0.4 is 0 Å². The maximum atomic E-state index is 13.7. The SMILES string of the molecule is CCc1[nH]c2cc(F)ccc2c1C1=CCN(CCC2(Sc3ccc(F)cc3)CC2)CC1. The second-order valence-corrected chi connectivity index (χ2v) is 10.3. The molecule has 0 spiro atoms. The number of aromatic nitrogens is 1. The van der Waals surface area contributed by atoms with Crippen LogP contribution in [0.1, 0.15) is 43.9 Å². The van der Waals surface area contributed by atoms with Crippen LogP contribution in [0, 0.1) is 11.6 Å². The predicted octanol–water partition coefficient (Wildman–Crippen LogP) is 6.81. The lowest BCUT2D eigenvalue weighted by molar-refractivity contribution is 0.295. The van der Waals surface area contributed by atoms with E-state index in [1.54, 1.807) is 24.3 Å². The average molecular weight is 439 g/mol. The molecule has 5 rings (SSSR count). The van der Waals surface area contributed by atoms with Crippen molar-refractivity contribution in [3.05, 3.63) is 71.4 Å². The number of thioether (sulfide) groups is 1. The number of fused-ring (bicyclic) bond motifs is 1. The zero-order valence-electron chi connectivity index (χ0n) is 17.9. The molecule has 5 heteroatoms. The molecule has 0 radical (unpaired) electrons. The number of nitrogens with one attached hydrogen (secondary N) is 1. The van der Waals surface area contributed by atoms with E-state index in [1.165, 1.54) is 41.0 Å². The van der Waals surface area contributed by atoms with Gasteiger partial charge >= 0.3 is 0 Å². The average Bonchev–Trinajstić information content (AvgIpc) is 3.45. The summed E-state index contributed by atoms with van der Waals surface area (Å²) in [6, 6.07) is 12.0. The fourth-order valence-electron chi connectivity index (χ4n) is 4.66. The Hall–Kier alpha value is -2.11. The van der Waals surface area contributed by atoms with Crippen molar-refractivity contribution < 1.29 is 8.78 Å². The fraction of sp³-hybridized carbons (Fsp3) is 0.385. The minimum atomic E-state index is -0.195. The Morgan fingerprint density at radius 3 is 2.52 bits per heavy atom. The van der Waals surface area contributed by atoms with Gasteiger partial charge < -0.3 is 4.98 Å². The summed E-state index contributed by atoms with van der Waals surface area (Å²) in [5.74, 6) is -0.365. The summed E-state index contributed by atoms with van der Waals surface area (Å²) in [5.41, 5.74) is 4.76. The highest BCUT2D eigenvalue weighted by molar-refractivity contribution is 8.01. The van der Waals surface area contributed by atoms with E-state index >= 15 is 0 Å². The zero-order valence-corrected chi connectivity index (χ0v) is 18.7. The third-order valence-electron chi connectivity index (χ3n) is 6.65. The van der Waals surface area contributed by atoms with Crippen molar-refractivity contribution in [3.63, 3.8) is 0 Å². The molecule has 1 N–H and O–H groups in total. The normalized spacial score (nSPS) is 18.4. The van der Waals surface area contributed by atoms with E-state index in [-0.39, 0.29) is 11.6 Å². The molecule has 2 heterocycles. The molecule has 1 aromatic heterocycles. The minimum absolute atomic E-state index is 0.170. The molecule has 1 fully saturated rings. The van der Waals surface area contributed by atoms with Crippen molar-refractivity contribution in [2.75, 3.05) is 19.6 Å². The van der Waals surface area contributed by atoms with Crippen LogP contribution in [0.2, 0.25) is 0 Å². The van der Waals surface area contributed by atoms with E-state index in [0.29, 0.717) is 4.75 Å². The highest BCUT2D eigenvalue weighted by Crippen LogP contribution is 2.54. The standard InChI is InChI=1S/C26H28F2N2S/c1-2-23-25(22-8-5-20(28)17-24(22)29-23)18-9-14-30(15-10-18)16-13-26(11-12-26)31-21-6-3-19(27)4-7-21/h3-9,17,29H,2,10-16H2,1H3. The molecule has 0 atom stereocenters. The Morgan fingerprint density at radius 2 is 1.84 bits per heavy atom. The quantitative estimate of drug-likeness (QED) is 0.437. The fourth-order valence-corrected chi connectivity index (χ4v) is 5.93. The highest BCUT2D eigenvalue weighted by Gasteiger charge is 2.43. The first-order chi connectivity index (χ1) is 15.0. The molecule has 0 bridgehead atoms. The molecule has 2 aliphatic rings. The van der Waals surface area contributed by atoms with Gasteiger partial charge in [0.15, 0.2) is 0 Å². The molecular formula is C26H28F2N2S. The van der Waals surface area contributed by atoms with Crippen molar-refractivity contribution in [1.82, 2.24) is 9.88 Å². The molecule has 162 valence electrons. The maximum absolute atomic E-state index is 13.7. The summed E-state index contributed by atoms with van der Waals surface area (Å²) in [4.78, 5) is 7.13. The highest BCUT2D eigenvalue weighted by atomic mass is 32.2. The van der Waals surface area contributed by atoms with Crippen LogP contribution in [0.5, 0.6) is 0 Å². The van der Waals surface area contributed by atoms with Crippen molar-refractivity contribution in [2.45, 2.75) is 48.7 Å². The van der Waals surface area contributed by atoms with Crippen LogP contribution in [0.4, 0.5) is 8.78 Å². The number of aryl methyl sites for hydroxylation is 1. The molecule has 3 aromatic rings. The van der Waals surface area contributed by atoms with Crippen molar-refractivity contribution >= 4 is 28.2 Å². The Labute approximate surface area is 186 Å². The molecule has 2 aromatic carbocycles. The lowest BCUT2D eigenvalue weighted by atomic mass is 9.95. The van der Waals surface area contributed by atoms with Gasteiger partial charge in [0.05, 0.1) is 0 Å². The van der Waals surface area contributed by atoms with E-state index in [9.17, 15) is 8.78 Å². The molecule has 2 nitrogen and oxygen atoms in total. The van der Waals surface area contributed by atoms with Crippen LogP contribution in [-0.4, -0.2) is 34.3 Å². The lowest BCUT2D eigenvalue weighted by Crippen LogP contribution is -2.31. The molecule has 0 saturated heterocycles. The number of halogens is 2. The van der Waals surface area contributed by atoms with Gasteiger partial charge in [-0.3, -0.25) is 4.90 Å². The first-order valence-electron chi connectivity index (χ1n) is 11.2. The van der Waals surface area contributed by atoms with Gasteiger partial charge in [-0.1, -0.05) is 13.0 Å². The third kappa shape index (κ3) is 4.44. The second-order valence-electron chi connectivity index (χ2n) is 8.79. The number of aromatic amines is 1. The Balaban J connectivity index is 1.24. The summed E-state index contributed by atoms with van der Waals surface area (Å²) in [6.07, 6.45) is 7.96. The molecule has 1 aliphatic heterocycles. The van der Waals surface area contributed by atoms with Gasteiger partial charge in [0.1, 0.15) is 11.6 Å². The number of rotatable bonds is 7. The summed E-state index contributed by atoms with van der Waals surface area (Å²) >= 11 is 1.92. The van der Waals surface area contributed by atoms with Gasteiger partial charge in [0.2, 0.25) is 0 Å². The lowest BCUT2D eigenvalue weighted by Gasteiger charge is -2.28. The van der Waals surface area contributed by atoms with Crippen LogP contribution >= 0.6 is 11.8 Å². The largest absolute Gasteiger partial charge is 0.358 e. The van der Waals surface area contributed by atoms with E-state index in [0.717, 1.165) is 43.4 Å². The predicted molar refractivity (Wildman–Crippen MR) is 126 cm³/mol. The number of H-pyrrole nitrogens is 1. The molecule has 1 saturated carbocycles. The number of hydrogen-bond acceptors (Lipinski definition) is 2. The van der Waals surface area contributed by atoms with E-state index in [4.69, 9.17) is 0 Å². The summed E-state index contributed by atoms with van der Waals surface area (Å²) in [7, 11) is 0. The first-order valence-corrected chi connectivity index (χ1v) is 12.0. The zero-order chi connectivity index (χ0) is 21.4. The molecule has 0 unspecified atom stereocenters. The first kappa shape index (κ1) is 20.8. The van der Waals surface area contributed by atoms with Gasteiger partial charge in [-0.15, -0.1) is 11.8 Å². The van der Waals surface area contributed by atoms with E-state index < -0.39 is 0 Å². The number of benzene rings is 2. The van der Waals surface area contributed by atoms with Gasteiger partial charge in [0, 0.05) is 44.9 Å². The van der Waals surface area contributed by atoms with E-state index in [2.05, 4.69) is 22.9 Å². The molecule has 31 heavy (non-hydrogen) atoms. The van der Waals surface area contributed by atoms with Crippen LogP contribution in [-0.2, 0) is 6.42 Å². The maximum Gasteiger partial charge on any atom is 0.125 e. The topological polar surface area (TPSA) is 19.0 Å². The third-order valence-corrected chi connectivity index (χ3v) is 8.20. The summed E-state index contributed by atoms with van der Waals surface area (Å²) in [6.45, 7) is 5.26. The van der Waals surface area contributed by atoms with Crippen molar-refractivity contribution in [1.29, 1.82) is 0 Å². The van der Waals surface area contributed by atoms with Crippen LogP contribution in [0.25, 0.3) is 16.5 Å².